The predicted octanol–water partition coefficient (Wildman–Crippen LogP) is 2.89. The number of allylic oxidation sites excluding steroid dienone is 4. The number of fused-ring (bicyclic) bond motifs is 1. The van der Waals surface area contributed by atoms with Crippen LogP contribution in [0.3, 0.4) is 0 Å². The molecule has 2 aliphatic rings. The molecular weight excluding hydrogens is 226 g/mol. The summed E-state index contributed by atoms with van der Waals surface area (Å²) in [6.45, 7) is 4.04. The Hall–Kier alpha value is -2.03. The first-order valence-electron chi connectivity index (χ1n) is 6.01. The summed E-state index contributed by atoms with van der Waals surface area (Å²) in [5.74, 6) is -0.105. The fraction of sp³-hybridized carbons (Fsp3) is 0.267. The smallest absolute Gasteiger partial charge is 0.208 e. The number of hydrogen-bond acceptors (Lipinski definition) is 3. The molecule has 0 N–H and O–H groups in total. The van der Waals surface area contributed by atoms with Crippen LogP contribution in [0.2, 0.25) is 0 Å². The normalized spacial score (nSPS) is 19.0. The zero-order valence-electron chi connectivity index (χ0n) is 10.4. The molecule has 0 saturated heterocycles. The van der Waals surface area contributed by atoms with E-state index in [1.165, 1.54) is 11.1 Å². The largest absolute Gasteiger partial charge is 0.289 e. The summed E-state index contributed by atoms with van der Waals surface area (Å²) in [6.07, 6.45) is 2.74. The van der Waals surface area contributed by atoms with Crippen molar-refractivity contribution < 1.29 is 9.59 Å². The van der Waals surface area contributed by atoms with E-state index in [9.17, 15) is 9.59 Å². The standard InChI is InChI=1S/C15H13NO2/c1-8-6-11-12(7-9(8)2)15(18)13-10(14(11)17)4-3-5-16-13/h3-5H,6-7H2,1-2H3. The molecule has 0 unspecified atom stereocenters. The van der Waals surface area contributed by atoms with Crippen LogP contribution in [0, 0.1) is 0 Å². The summed E-state index contributed by atoms with van der Waals surface area (Å²) in [5, 5.41) is 0. The Kier molecular flexibility index (Phi) is 2.30. The van der Waals surface area contributed by atoms with Gasteiger partial charge in [0.1, 0.15) is 5.69 Å². The predicted molar refractivity (Wildman–Crippen MR) is 67.5 cm³/mol. The minimum Gasteiger partial charge on any atom is -0.289 e. The van der Waals surface area contributed by atoms with Crippen LogP contribution in [0.5, 0.6) is 0 Å². The molecule has 0 atom stereocenters. The molecule has 2 aliphatic carbocycles. The molecule has 0 spiro atoms. The van der Waals surface area contributed by atoms with E-state index in [1.807, 2.05) is 13.8 Å². The van der Waals surface area contributed by atoms with Gasteiger partial charge in [-0.25, -0.2) is 0 Å². The van der Waals surface area contributed by atoms with Crippen molar-refractivity contribution in [1.82, 2.24) is 4.98 Å². The molecule has 0 bridgehead atoms. The van der Waals surface area contributed by atoms with Gasteiger partial charge in [-0.05, 0) is 38.8 Å². The number of carbonyl (C=O) groups is 2. The number of ketones is 2. The molecule has 18 heavy (non-hydrogen) atoms. The van der Waals surface area contributed by atoms with Crippen LogP contribution >= 0.6 is 0 Å². The maximum atomic E-state index is 12.4. The zero-order chi connectivity index (χ0) is 12.9. The van der Waals surface area contributed by atoms with E-state index in [2.05, 4.69) is 4.98 Å². The van der Waals surface area contributed by atoms with Crippen LogP contribution in [0.15, 0.2) is 40.6 Å². The molecule has 90 valence electrons. The van der Waals surface area contributed by atoms with E-state index in [1.54, 1.807) is 18.3 Å². The van der Waals surface area contributed by atoms with E-state index in [0.717, 1.165) is 0 Å². The summed E-state index contributed by atoms with van der Waals surface area (Å²) in [5.41, 5.74) is 4.47. The monoisotopic (exact) mass is 239 g/mol. The van der Waals surface area contributed by atoms with Crippen LogP contribution in [-0.4, -0.2) is 16.6 Å². The highest BCUT2D eigenvalue weighted by molar-refractivity contribution is 6.26. The third kappa shape index (κ3) is 1.40. The molecule has 0 radical (unpaired) electrons. The molecule has 3 nitrogen and oxygen atoms in total. The highest BCUT2D eigenvalue weighted by atomic mass is 16.1. The van der Waals surface area contributed by atoms with Crippen molar-refractivity contribution in [3.05, 3.63) is 51.9 Å². The van der Waals surface area contributed by atoms with Gasteiger partial charge in [0.15, 0.2) is 5.78 Å². The van der Waals surface area contributed by atoms with Gasteiger partial charge in [0, 0.05) is 17.3 Å². The van der Waals surface area contributed by atoms with Crippen LogP contribution in [0.1, 0.15) is 47.5 Å². The number of nitrogens with zero attached hydrogens (tertiary/aromatic N) is 1. The lowest BCUT2D eigenvalue weighted by molar-refractivity contribution is 0.0966. The lowest BCUT2D eigenvalue weighted by Crippen LogP contribution is -2.25. The Morgan fingerprint density at radius 1 is 1.00 bits per heavy atom. The Balaban J connectivity index is 2.17. The van der Waals surface area contributed by atoms with Crippen LogP contribution < -0.4 is 0 Å². The zero-order valence-corrected chi connectivity index (χ0v) is 10.4. The van der Waals surface area contributed by atoms with Crippen molar-refractivity contribution in [1.29, 1.82) is 0 Å². The molecule has 0 saturated carbocycles. The topological polar surface area (TPSA) is 47.0 Å². The molecule has 0 aliphatic heterocycles. The Morgan fingerprint density at radius 3 is 2.28 bits per heavy atom. The van der Waals surface area contributed by atoms with Crippen LogP contribution in [0.25, 0.3) is 0 Å². The van der Waals surface area contributed by atoms with Crippen molar-refractivity contribution >= 4 is 11.6 Å². The van der Waals surface area contributed by atoms with Gasteiger partial charge in [0.05, 0.1) is 5.56 Å². The van der Waals surface area contributed by atoms with Gasteiger partial charge >= 0.3 is 0 Å². The summed E-state index contributed by atoms with van der Waals surface area (Å²) in [6, 6.07) is 3.39. The molecule has 0 fully saturated rings. The molecule has 3 rings (SSSR count). The second-order valence-corrected chi connectivity index (χ2v) is 4.93. The molecule has 3 heteroatoms. The van der Waals surface area contributed by atoms with Crippen LogP contribution in [-0.2, 0) is 0 Å². The van der Waals surface area contributed by atoms with Gasteiger partial charge in [-0.2, -0.15) is 0 Å². The van der Waals surface area contributed by atoms with Gasteiger partial charge in [0.25, 0.3) is 0 Å². The third-order valence-corrected chi connectivity index (χ3v) is 3.79. The van der Waals surface area contributed by atoms with Crippen LogP contribution in [0.4, 0.5) is 0 Å². The highest BCUT2D eigenvalue weighted by Gasteiger charge is 2.34. The maximum Gasteiger partial charge on any atom is 0.208 e. The summed E-state index contributed by atoms with van der Waals surface area (Å²) < 4.78 is 0. The highest BCUT2D eigenvalue weighted by Crippen LogP contribution is 2.36. The van der Waals surface area contributed by atoms with Gasteiger partial charge in [-0.3, -0.25) is 14.6 Å². The molecule has 1 heterocycles. The number of carbonyl (C=O) groups excluding carboxylic acids is 2. The molecule has 1 aromatic heterocycles. The van der Waals surface area contributed by atoms with E-state index < -0.39 is 0 Å². The van der Waals surface area contributed by atoms with Gasteiger partial charge in [-0.1, -0.05) is 11.1 Å². The third-order valence-electron chi connectivity index (χ3n) is 3.79. The molecular formula is C15H13NO2. The first kappa shape index (κ1) is 11.1. The quantitative estimate of drug-likeness (QED) is 0.654. The Bertz CT molecular complexity index is 595. The lowest BCUT2D eigenvalue weighted by atomic mass is 9.77. The number of pyridine rings is 1. The van der Waals surface area contributed by atoms with Gasteiger partial charge < -0.3 is 0 Å². The van der Waals surface area contributed by atoms with Crippen molar-refractivity contribution in [2.24, 2.45) is 0 Å². The fourth-order valence-electron chi connectivity index (χ4n) is 2.56. The summed E-state index contributed by atoms with van der Waals surface area (Å²) in [4.78, 5) is 28.8. The van der Waals surface area contributed by atoms with E-state index >= 15 is 0 Å². The second-order valence-electron chi connectivity index (χ2n) is 4.93. The Morgan fingerprint density at radius 2 is 1.61 bits per heavy atom. The first-order chi connectivity index (χ1) is 8.59. The SMILES string of the molecule is CC1=C(C)CC2=C(C1)C(=O)c1cccnc1C2=O. The number of rotatable bonds is 0. The minimum absolute atomic E-state index is 0.0282. The Labute approximate surface area is 105 Å². The fourth-order valence-corrected chi connectivity index (χ4v) is 2.56. The van der Waals surface area contributed by atoms with E-state index in [-0.39, 0.29) is 11.6 Å². The van der Waals surface area contributed by atoms with Gasteiger partial charge in [0.2, 0.25) is 5.78 Å². The van der Waals surface area contributed by atoms with E-state index in [0.29, 0.717) is 35.2 Å². The first-order valence-corrected chi connectivity index (χ1v) is 6.01. The molecule has 1 aromatic rings. The van der Waals surface area contributed by atoms with Gasteiger partial charge in [-0.15, -0.1) is 0 Å². The molecule has 0 amide bonds. The van der Waals surface area contributed by atoms with Crippen molar-refractivity contribution in [2.75, 3.05) is 0 Å². The van der Waals surface area contributed by atoms with Crippen molar-refractivity contribution in [2.45, 2.75) is 26.7 Å². The lowest BCUT2D eigenvalue weighted by Gasteiger charge is -2.25. The maximum absolute atomic E-state index is 12.4. The van der Waals surface area contributed by atoms with Crippen molar-refractivity contribution in [3.63, 3.8) is 0 Å². The van der Waals surface area contributed by atoms with E-state index in [4.69, 9.17) is 0 Å². The average Bonchev–Trinajstić information content (AvgIpc) is 2.38. The summed E-state index contributed by atoms with van der Waals surface area (Å²) in [7, 11) is 0. The van der Waals surface area contributed by atoms with Crippen molar-refractivity contribution in [3.8, 4) is 0 Å². The minimum atomic E-state index is -0.0768. The molecule has 0 aromatic carbocycles. The number of Topliss-reactive ketones (excluding diaryl/α,β-unsaturated/α-hetero) is 2. The summed E-state index contributed by atoms with van der Waals surface area (Å²) >= 11 is 0. The number of hydrogen-bond donors (Lipinski definition) is 0. The second kappa shape index (κ2) is 3.73. The average molecular weight is 239 g/mol. The number of aromatic nitrogens is 1.